The van der Waals surface area contributed by atoms with Gasteiger partial charge in [-0.25, -0.2) is 0 Å². The SMILES string of the molecule is COc1ccc(N(C)C(=O)c2cccc(C#N)c2)cc1OC. The molecule has 112 valence electrons. The maximum absolute atomic E-state index is 12.5. The summed E-state index contributed by atoms with van der Waals surface area (Å²) in [6, 6.07) is 13.9. The zero-order valence-corrected chi connectivity index (χ0v) is 12.7. The van der Waals surface area contributed by atoms with Gasteiger partial charge in [-0.2, -0.15) is 5.26 Å². The highest BCUT2D eigenvalue weighted by Gasteiger charge is 2.16. The van der Waals surface area contributed by atoms with Crippen LogP contribution in [0.2, 0.25) is 0 Å². The molecule has 0 spiro atoms. The van der Waals surface area contributed by atoms with Crippen LogP contribution in [-0.2, 0) is 0 Å². The van der Waals surface area contributed by atoms with Crippen molar-refractivity contribution in [2.45, 2.75) is 0 Å². The van der Waals surface area contributed by atoms with E-state index in [9.17, 15) is 4.79 Å². The van der Waals surface area contributed by atoms with Gasteiger partial charge in [-0.3, -0.25) is 4.79 Å². The minimum absolute atomic E-state index is 0.204. The van der Waals surface area contributed by atoms with Crippen molar-refractivity contribution in [3.05, 3.63) is 53.6 Å². The number of hydrogen-bond acceptors (Lipinski definition) is 4. The molecule has 0 aromatic heterocycles. The molecular formula is C17H16N2O3. The number of nitrogens with zero attached hydrogens (tertiary/aromatic N) is 2. The van der Waals surface area contributed by atoms with E-state index in [1.807, 2.05) is 6.07 Å². The molecule has 0 bridgehead atoms. The lowest BCUT2D eigenvalue weighted by Crippen LogP contribution is -2.26. The number of methoxy groups -OCH3 is 2. The Balaban J connectivity index is 2.32. The Hall–Kier alpha value is -3.00. The zero-order valence-electron chi connectivity index (χ0n) is 12.7. The first-order valence-electron chi connectivity index (χ1n) is 6.61. The van der Waals surface area contributed by atoms with Crippen LogP contribution < -0.4 is 14.4 Å². The Morgan fingerprint density at radius 3 is 2.45 bits per heavy atom. The molecule has 0 fully saturated rings. The Morgan fingerprint density at radius 1 is 1.09 bits per heavy atom. The van der Waals surface area contributed by atoms with Crippen LogP contribution >= 0.6 is 0 Å². The van der Waals surface area contributed by atoms with E-state index >= 15 is 0 Å². The largest absolute Gasteiger partial charge is 0.493 e. The standard InChI is InChI=1S/C17H16N2O3/c1-19(14-7-8-15(21-2)16(10-14)22-3)17(20)13-6-4-5-12(9-13)11-18/h4-10H,1-3H3. The maximum atomic E-state index is 12.5. The molecule has 2 rings (SSSR count). The van der Waals surface area contributed by atoms with Crippen molar-refractivity contribution in [2.75, 3.05) is 26.2 Å². The third kappa shape index (κ3) is 3.01. The summed E-state index contributed by atoms with van der Waals surface area (Å²) in [7, 11) is 4.77. The Kier molecular flexibility index (Phi) is 4.64. The highest BCUT2D eigenvalue weighted by molar-refractivity contribution is 6.06. The van der Waals surface area contributed by atoms with Gasteiger partial charge in [0.05, 0.1) is 25.9 Å². The van der Waals surface area contributed by atoms with Crippen molar-refractivity contribution in [1.29, 1.82) is 5.26 Å². The van der Waals surface area contributed by atoms with Gasteiger partial charge in [-0.05, 0) is 30.3 Å². The molecule has 0 heterocycles. The minimum atomic E-state index is -0.204. The van der Waals surface area contributed by atoms with Gasteiger partial charge in [0.25, 0.3) is 5.91 Å². The summed E-state index contributed by atoms with van der Waals surface area (Å²) >= 11 is 0. The second-order valence-corrected chi connectivity index (χ2v) is 4.60. The fraction of sp³-hybridized carbons (Fsp3) is 0.176. The molecule has 0 atom stereocenters. The maximum Gasteiger partial charge on any atom is 0.258 e. The Morgan fingerprint density at radius 2 is 1.82 bits per heavy atom. The van der Waals surface area contributed by atoms with Crippen molar-refractivity contribution < 1.29 is 14.3 Å². The van der Waals surface area contributed by atoms with Crippen molar-refractivity contribution in [3.63, 3.8) is 0 Å². The molecule has 0 aliphatic carbocycles. The number of carbonyl (C=O) groups excluding carboxylic acids is 1. The predicted octanol–water partition coefficient (Wildman–Crippen LogP) is 2.85. The quantitative estimate of drug-likeness (QED) is 0.870. The number of hydrogen-bond donors (Lipinski definition) is 0. The van der Waals surface area contributed by atoms with Crippen molar-refractivity contribution in [2.24, 2.45) is 0 Å². The number of anilines is 1. The molecule has 0 aliphatic heterocycles. The highest BCUT2D eigenvalue weighted by atomic mass is 16.5. The lowest BCUT2D eigenvalue weighted by Gasteiger charge is -2.19. The van der Waals surface area contributed by atoms with Crippen LogP contribution in [0.4, 0.5) is 5.69 Å². The monoisotopic (exact) mass is 296 g/mol. The Bertz CT molecular complexity index is 735. The molecule has 2 aromatic rings. The second-order valence-electron chi connectivity index (χ2n) is 4.60. The first-order chi connectivity index (χ1) is 10.6. The van der Waals surface area contributed by atoms with Gasteiger partial charge in [0.15, 0.2) is 11.5 Å². The van der Waals surface area contributed by atoms with E-state index in [2.05, 4.69) is 0 Å². The van der Waals surface area contributed by atoms with Gasteiger partial charge in [0, 0.05) is 24.4 Å². The van der Waals surface area contributed by atoms with Crippen LogP contribution in [0.15, 0.2) is 42.5 Å². The summed E-state index contributed by atoms with van der Waals surface area (Å²) in [4.78, 5) is 14.0. The summed E-state index contributed by atoms with van der Waals surface area (Å²) in [6.45, 7) is 0. The third-order valence-electron chi connectivity index (χ3n) is 3.30. The molecule has 0 aliphatic rings. The van der Waals surface area contributed by atoms with Gasteiger partial charge in [-0.15, -0.1) is 0 Å². The van der Waals surface area contributed by atoms with Crippen LogP contribution in [0.5, 0.6) is 11.5 Å². The lowest BCUT2D eigenvalue weighted by molar-refractivity contribution is 0.0993. The average molecular weight is 296 g/mol. The number of benzene rings is 2. The minimum Gasteiger partial charge on any atom is -0.493 e. The summed E-state index contributed by atoms with van der Waals surface area (Å²) in [5, 5.41) is 8.92. The third-order valence-corrected chi connectivity index (χ3v) is 3.30. The molecule has 0 radical (unpaired) electrons. The molecule has 2 aromatic carbocycles. The van der Waals surface area contributed by atoms with E-state index in [4.69, 9.17) is 14.7 Å². The molecule has 0 saturated heterocycles. The first kappa shape index (κ1) is 15.4. The number of nitriles is 1. The van der Waals surface area contributed by atoms with Crippen LogP contribution in [0.1, 0.15) is 15.9 Å². The van der Waals surface area contributed by atoms with E-state index in [0.717, 1.165) is 0 Å². The summed E-state index contributed by atoms with van der Waals surface area (Å²) in [5.41, 5.74) is 1.58. The molecule has 0 N–H and O–H groups in total. The van der Waals surface area contributed by atoms with Gasteiger partial charge in [0.2, 0.25) is 0 Å². The van der Waals surface area contributed by atoms with Crippen LogP contribution in [0, 0.1) is 11.3 Å². The summed E-state index contributed by atoms with van der Waals surface area (Å²) < 4.78 is 10.4. The first-order valence-corrected chi connectivity index (χ1v) is 6.61. The Labute approximate surface area is 129 Å². The molecule has 0 saturated carbocycles. The van der Waals surface area contributed by atoms with E-state index in [1.54, 1.807) is 63.7 Å². The molecule has 5 nitrogen and oxygen atoms in total. The number of carbonyl (C=O) groups is 1. The van der Waals surface area contributed by atoms with Gasteiger partial charge >= 0.3 is 0 Å². The molecule has 5 heteroatoms. The van der Waals surface area contributed by atoms with Crippen LogP contribution in [0.3, 0.4) is 0 Å². The van der Waals surface area contributed by atoms with Gasteiger partial charge in [0.1, 0.15) is 0 Å². The summed E-state index contributed by atoms with van der Waals surface area (Å²) in [6.07, 6.45) is 0. The van der Waals surface area contributed by atoms with Crippen molar-refractivity contribution in [3.8, 4) is 17.6 Å². The van der Waals surface area contributed by atoms with E-state index in [1.165, 1.54) is 4.90 Å². The fourth-order valence-electron chi connectivity index (χ4n) is 2.07. The van der Waals surface area contributed by atoms with E-state index in [0.29, 0.717) is 28.3 Å². The van der Waals surface area contributed by atoms with E-state index in [-0.39, 0.29) is 5.91 Å². The molecule has 1 amide bonds. The predicted molar refractivity (Wildman–Crippen MR) is 83.4 cm³/mol. The van der Waals surface area contributed by atoms with Crippen molar-refractivity contribution in [1.82, 2.24) is 0 Å². The van der Waals surface area contributed by atoms with Gasteiger partial charge in [-0.1, -0.05) is 6.07 Å². The molecule has 0 unspecified atom stereocenters. The topological polar surface area (TPSA) is 62.6 Å². The normalized spacial score (nSPS) is 9.73. The smallest absolute Gasteiger partial charge is 0.258 e. The summed E-state index contributed by atoms with van der Waals surface area (Å²) in [5.74, 6) is 0.938. The van der Waals surface area contributed by atoms with Crippen LogP contribution in [-0.4, -0.2) is 27.2 Å². The van der Waals surface area contributed by atoms with E-state index < -0.39 is 0 Å². The fourth-order valence-corrected chi connectivity index (χ4v) is 2.07. The van der Waals surface area contributed by atoms with Gasteiger partial charge < -0.3 is 14.4 Å². The number of amides is 1. The number of rotatable bonds is 4. The highest BCUT2D eigenvalue weighted by Crippen LogP contribution is 2.31. The lowest BCUT2D eigenvalue weighted by atomic mass is 10.1. The van der Waals surface area contributed by atoms with Crippen LogP contribution in [0.25, 0.3) is 0 Å². The average Bonchev–Trinajstić information content (AvgIpc) is 2.59. The number of ether oxygens (including phenoxy) is 2. The zero-order chi connectivity index (χ0) is 16.1. The molecular weight excluding hydrogens is 280 g/mol. The second kappa shape index (κ2) is 6.64. The van der Waals surface area contributed by atoms with Crippen molar-refractivity contribution >= 4 is 11.6 Å². The molecule has 22 heavy (non-hydrogen) atoms.